The number of amides is 1. The van der Waals surface area contributed by atoms with E-state index in [2.05, 4.69) is 11.8 Å². The molecule has 3 rings (SSSR count). The summed E-state index contributed by atoms with van der Waals surface area (Å²) in [6, 6.07) is 7.19. The molecule has 1 spiro atoms. The van der Waals surface area contributed by atoms with Gasteiger partial charge in [0.1, 0.15) is 5.60 Å². The van der Waals surface area contributed by atoms with Gasteiger partial charge in [0.15, 0.2) is 0 Å². The Labute approximate surface area is 155 Å². The Bertz CT molecular complexity index is 732. The van der Waals surface area contributed by atoms with Crippen LogP contribution in [0.15, 0.2) is 24.3 Å². The topological polar surface area (TPSA) is 70.0 Å². The first-order valence-electron chi connectivity index (χ1n) is 9.11. The van der Waals surface area contributed by atoms with Crippen LogP contribution in [0.5, 0.6) is 0 Å². The monoisotopic (exact) mass is 357 g/mol. The summed E-state index contributed by atoms with van der Waals surface area (Å²) < 4.78 is 5.50. The standard InChI is InChI=1S/C21H27NO4/c1-20(2,25)8-7-15-5-4-6-16(13-15)19(24)22-11-9-21(10-12-22)17(23)14-18(21)26-3/h4-6,13,17-18,23,25H,9-12,14H2,1-3H3/t17-,18+/m1/s1. The number of hydrogen-bond acceptors (Lipinski definition) is 4. The van der Waals surface area contributed by atoms with Gasteiger partial charge in [-0.2, -0.15) is 0 Å². The van der Waals surface area contributed by atoms with E-state index >= 15 is 0 Å². The number of likely N-dealkylation sites (tertiary alicyclic amines) is 1. The highest BCUT2D eigenvalue weighted by Crippen LogP contribution is 2.50. The third-order valence-corrected chi connectivity index (χ3v) is 5.63. The zero-order valence-corrected chi connectivity index (χ0v) is 15.7. The Morgan fingerprint density at radius 2 is 2.04 bits per heavy atom. The van der Waals surface area contributed by atoms with E-state index in [0.29, 0.717) is 30.6 Å². The number of hydrogen-bond donors (Lipinski definition) is 2. The zero-order valence-electron chi connectivity index (χ0n) is 15.7. The number of methoxy groups -OCH3 is 1. The molecular formula is C21H27NO4. The lowest BCUT2D eigenvalue weighted by molar-refractivity contribution is -0.199. The summed E-state index contributed by atoms with van der Waals surface area (Å²) >= 11 is 0. The van der Waals surface area contributed by atoms with E-state index in [1.165, 1.54) is 0 Å². The molecule has 140 valence electrons. The summed E-state index contributed by atoms with van der Waals surface area (Å²) in [6.45, 7) is 4.49. The Morgan fingerprint density at radius 1 is 1.35 bits per heavy atom. The summed E-state index contributed by atoms with van der Waals surface area (Å²) in [4.78, 5) is 14.7. The quantitative estimate of drug-likeness (QED) is 0.792. The average molecular weight is 357 g/mol. The molecule has 2 aliphatic rings. The third-order valence-electron chi connectivity index (χ3n) is 5.63. The molecule has 0 radical (unpaired) electrons. The van der Waals surface area contributed by atoms with E-state index in [1.54, 1.807) is 33.1 Å². The van der Waals surface area contributed by atoms with Gasteiger partial charge < -0.3 is 19.8 Å². The van der Waals surface area contributed by atoms with Crippen LogP contribution in [0, 0.1) is 17.3 Å². The number of benzene rings is 1. The molecule has 1 aliphatic heterocycles. The van der Waals surface area contributed by atoms with E-state index in [0.717, 1.165) is 12.8 Å². The summed E-state index contributed by atoms with van der Waals surface area (Å²) in [5.74, 6) is 5.66. The van der Waals surface area contributed by atoms with Crippen LogP contribution in [-0.4, -0.2) is 59.0 Å². The van der Waals surface area contributed by atoms with Crippen molar-refractivity contribution in [2.75, 3.05) is 20.2 Å². The van der Waals surface area contributed by atoms with Crippen LogP contribution >= 0.6 is 0 Å². The van der Waals surface area contributed by atoms with Crippen LogP contribution in [0.1, 0.15) is 49.0 Å². The normalized spacial score (nSPS) is 24.6. The molecule has 1 saturated heterocycles. The lowest BCUT2D eigenvalue weighted by atomic mass is 9.58. The van der Waals surface area contributed by atoms with Gasteiger partial charge in [0.05, 0.1) is 12.2 Å². The van der Waals surface area contributed by atoms with Crippen molar-refractivity contribution in [2.45, 2.75) is 50.9 Å². The minimum Gasteiger partial charge on any atom is -0.392 e. The summed E-state index contributed by atoms with van der Waals surface area (Å²) in [5, 5.41) is 19.9. The molecule has 0 bridgehead atoms. The molecule has 1 saturated carbocycles. The van der Waals surface area contributed by atoms with Crippen LogP contribution in [0.2, 0.25) is 0 Å². The van der Waals surface area contributed by atoms with Crippen LogP contribution in [0.3, 0.4) is 0 Å². The number of aliphatic hydroxyl groups excluding tert-OH is 1. The average Bonchev–Trinajstić information content (AvgIpc) is 2.63. The molecule has 1 amide bonds. The first-order valence-corrected chi connectivity index (χ1v) is 9.11. The van der Waals surface area contributed by atoms with Crippen molar-refractivity contribution in [3.63, 3.8) is 0 Å². The van der Waals surface area contributed by atoms with Gasteiger partial charge in [-0.25, -0.2) is 0 Å². The fraction of sp³-hybridized carbons (Fsp3) is 0.571. The third kappa shape index (κ3) is 3.64. The summed E-state index contributed by atoms with van der Waals surface area (Å²) in [7, 11) is 1.69. The lowest BCUT2D eigenvalue weighted by Crippen LogP contribution is -2.62. The SMILES string of the molecule is CO[C@H]1C[C@@H](O)C12CCN(C(=O)c1cccc(C#CC(C)(C)O)c1)CC2. The second kappa shape index (κ2) is 7.03. The van der Waals surface area contributed by atoms with E-state index in [4.69, 9.17) is 4.74 Å². The number of aliphatic hydroxyl groups is 2. The summed E-state index contributed by atoms with van der Waals surface area (Å²) in [6.07, 6.45) is 1.97. The minimum absolute atomic E-state index is 0.0189. The van der Waals surface area contributed by atoms with Gasteiger partial charge in [-0.15, -0.1) is 0 Å². The minimum atomic E-state index is -1.07. The number of ether oxygens (including phenoxy) is 1. The van der Waals surface area contributed by atoms with E-state index in [-0.39, 0.29) is 23.5 Å². The Morgan fingerprint density at radius 3 is 2.62 bits per heavy atom. The Kier molecular flexibility index (Phi) is 5.12. The molecule has 1 heterocycles. The Balaban J connectivity index is 1.68. The summed E-state index contributed by atoms with van der Waals surface area (Å²) in [5.41, 5.74) is 0.0510. The van der Waals surface area contributed by atoms with Crippen molar-refractivity contribution in [1.82, 2.24) is 4.90 Å². The van der Waals surface area contributed by atoms with Gasteiger partial charge in [-0.3, -0.25) is 4.79 Å². The lowest BCUT2D eigenvalue weighted by Gasteiger charge is -2.56. The molecule has 1 aromatic rings. The highest BCUT2D eigenvalue weighted by atomic mass is 16.5. The molecule has 5 nitrogen and oxygen atoms in total. The molecular weight excluding hydrogens is 330 g/mol. The first kappa shape index (κ1) is 18.9. The van der Waals surface area contributed by atoms with Crippen molar-refractivity contribution >= 4 is 5.91 Å². The second-order valence-electron chi connectivity index (χ2n) is 7.89. The maximum atomic E-state index is 12.8. The van der Waals surface area contributed by atoms with Gasteiger partial charge in [0, 0.05) is 43.2 Å². The number of nitrogens with zero attached hydrogens (tertiary/aromatic N) is 1. The molecule has 1 aliphatic carbocycles. The smallest absolute Gasteiger partial charge is 0.253 e. The fourth-order valence-corrected chi connectivity index (χ4v) is 3.98. The maximum absolute atomic E-state index is 12.8. The van der Waals surface area contributed by atoms with Crippen molar-refractivity contribution < 1.29 is 19.7 Å². The molecule has 5 heteroatoms. The van der Waals surface area contributed by atoms with Gasteiger partial charge in [-0.1, -0.05) is 17.9 Å². The first-order chi connectivity index (χ1) is 12.2. The van der Waals surface area contributed by atoms with Crippen LogP contribution in [-0.2, 0) is 4.74 Å². The molecule has 2 N–H and O–H groups in total. The number of rotatable bonds is 2. The van der Waals surface area contributed by atoms with Gasteiger partial charge in [0.2, 0.25) is 0 Å². The van der Waals surface area contributed by atoms with Crippen LogP contribution in [0.4, 0.5) is 0 Å². The molecule has 0 aromatic heterocycles. The van der Waals surface area contributed by atoms with Crippen molar-refractivity contribution in [3.8, 4) is 11.8 Å². The number of carbonyl (C=O) groups excluding carboxylic acids is 1. The predicted molar refractivity (Wildman–Crippen MR) is 98.6 cm³/mol. The predicted octanol–water partition coefficient (Wildman–Crippen LogP) is 1.81. The molecule has 0 unspecified atom stereocenters. The largest absolute Gasteiger partial charge is 0.392 e. The number of piperidine rings is 1. The maximum Gasteiger partial charge on any atom is 0.253 e. The zero-order chi connectivity index (χ0) is 18.9. The highest BCUT2D eigenvalue weighted by Gasteiger charge is 2.56. The van der Waals surface area contributed by atoms with Crippen LogP contribution < -0.4 is 0 Å². The van der Waals surface area contributed by atoms with Gasteiger partial charge in [-0.05, 0) is 44.9 Å². The van der Waals surface area contributed by atoms with Crippen molar-refractivity contribution in [3.05, 3.63) is 35.4 Å². The molecule has 2 fully saturated rings. The van der Waals surface area contributed by atoms with Gasteiger partial charge in [0.25, 0.3) is 5.91 Å². The fourth-order valence-electron chi connectivity index (χ4n) is 3.98. The van der Waals surface area contributed by atoms with Gasteiger partial charge >= 0.3 is 0 Å². The van der Waals surface area contributed by atoms with Crippen molar-refractivity contribution in [1.29, 1.82) is 0 Å². The van der Waals surface area contributed by atoms with Crippen LogP contribution in [0.25, 0.3) is 0 Å². The second-order valence-corrected chi connectivity index (χ2v) is 7.89. The molecule has 1 aromatic carbocycles. The Hall–Kier alpha value is -1.87. The van der Waals surface area contributed by atoms with Crippen molar-refractivity contribution in [2.24, 2.45) is 5.41 Å². The molecule has 2 atom stereocenters. The molecule has 26 heavy (non-hydrogen) atoms. The van der Waals surface area contributed by atoms with E-state index in [9.17, 15) is 15.0 Å². The van der Waals surface area contributed by atoms with E-state index in [1.807, 2.05) is 17.0 Å². The highest BCUT2D eigenvalue weighted by molar-refractivity contribution is 5.94. The van der Waals surface area contributed by atoms with E-state index < -0.39 is 5.60 Å². The number of carbonyl (C=O) groups is 1.